The van der Waals surface area contributed by atoms with Gasteiger partial charge in [-0.2, -0.15) is 0 Å². The second kappa shape index (κ2) is 5.51. The first-order chi connectivity index (χ1) is 7.54. The molecule has 0 aliphatic rings. The van der Waals surface area contributed by atoms with Crippen molar-refractivity contribution in [2.45, 2.75) is 25.9 Å². The van der Waals surface area contributed by atoms with Gasteiger partial charge in [0.25, 0.3) is 0 Å². The molecule has 0 fully saturated rings. The first kappa shape index (κ1) is 12.5. The van der Waals surface area contributed by atoms with Gasteiger partial charge in [-0.1, -0.05) is 0 Å². The zero-order valence-electron chi connectivity index (χ0n) is 9.43. The molecule has 1 unspecified atom stereocenters. The summed E-state index contributed by atoms with van der Waals surface area (Å²) in [4.78, 5) is 11.7. The Labute approximate surface area is 94.5 Å². The maximum absolute atomic E-state index is 11.7. The fourth-order valence-electron chi connectivity index (χ4n) is 1.35. The molecule has 1 atom stereocenters. The third-order valence-electron chi connectivity index (χ3n) is 2.29. The molecule has 0 radical (unpaired) electrons. The van der Waals surface area contributed by atoms with Crippen LogP contribution in [0.4, 0.5) is 0 Å². The summed E-state index contributed by atoms with van der Waals surface area (Å²) < 4.78 is 4.92. The van der Waals surface area contributed by atoms with Crippen molar-refractivity contribution in [2.24, 2.45) is 0 Å². The van der Waals surface area contributed by atoms with Crippen LogP contribution in [0.5, 0.6) is 11.5 Å². The Hall–Kier alpha value is -1.55. The van der Waals surface area contributed by atoms with Crippen molar-refractivity contribution < 1.29 is 19.7 Å². The highest BCUT2D eigenvalue weighted by atomic mass is 16.5. The molecular weight excluding hydrogens is 208 g/mol. The van der Waals surface area contributed by atoms with Crippen molar-refractivity contribution in [2.75, 3.05) is 7.11 Å². The average molecular weight is 224 g/mol. The number of hydrogen-bond donors (Lipinski definition) is 2. The topological polar surface area (TPSA) is 66.8 Å². The Balaban J connectivity index is 2.76. The number of rotatable bonds is 5. The summed E-state index contributed by atoms with van der Waals surface area (Å²) in [5.74, 6) is 0.237. The number of hydrogen-bond acceptors (Lipinski definition) is 4. The number of phenolic OH excluding ortho intramolecular Hbond substituents is 1. The van der Waals surface area contributed by atoms with Gasteiger partial charge < -0.3 is 14.9 Å². The number of aliphatic hydroxyl groups is 1. The van der Waals surface area contributed by atoms with E-state index in [-0.39, 0.29) is 23.5 Å². The largest absolute Gasteiger partial charge is 0.507 e. The van der Waals surface area contributed by atoms with Crippen molar-refractivity contribution in [1.82, 2.24) is 0 Å². The number of aliphatic hydroxyl groups excluding tert-OH is 1. The Morgan fingerprint density at radius 2 is 2.19 bits per heavy atom. The lowest BCUT2D eigenvalue weighted by Crippen LogP contribution is -2.06. The number of carbonyl (C=O) groups is 1. The van der Waals surface area contributed by atoms with Crippen LogP contribution in [0.2, 0.25) is 0 Å². The molecule has 0 saturated heterocycles. The van der Waals surface area contributed by atoms with Gasteiger partial charge >= 0.3 is 0 Å². The molecule has 1 rings (SSSR count). The van der Waals surface area contributed by atoms with Crippen LogP contribution in [0.15, 0.2) is 18.2 Å². The number of Topliss-reactive ketones (excluding diaryl/α,β-unsaturated/α-hetero) is 1. The molecule has 2 N–H and O–H groups in total. The first-order valence-corrected chi connectivity index (χ1v) is 5.13. The van der Waals surface area contributed by atoms with E-state index in [4.69, 9.17) is 9.84 Å². The smallest absolute Gasteiger partial charge is 0.166 e. The highest BCUT2D eigenvalue weighted by Crippen LogP contribution is 2.24. The van der Waals surface area contributed by atoms with Crippen molar-refractivity contribution >= 4 is 5.78 Å². The number of methoxy groups -OCH3 is 1. The van der Waals surface area contributed by atoms with E-state index in [0.29, 0.717) is 12.2 Å². The predicted octanol–water partition coefficient (Wildman–Crippen LogP) is 1.74. The molecule has 0 spiro atoms. The zero-order valence-corrected chi connectivity index (χ0v) is 9.43. The van der Waals surface area contributed by atoms with Crippen LogP contribution in [0.1, 0.15) is 30.1 Å². The van der Waals surface area contributed by atoms with Crippen LogP contribution in [0.25, 0.3) is 0 Å². The minimum Gasteiger partial charge on any atom is -0.507 e. The SMILES string of the molecule is COc1ccc(C(=O)CCC(C)O)c(O)c1. The van der Waals surface area contributed by atoms with E-state index >= 15 is 0 Å². The van der Waals surface area contributed by atoms with E-state index in [9.17, 15) is 9.90 Å². The third kappa shape index (κ3) is 3.24. The number of aromatic hydroxyl groups is 1. The summed E-state index contributed by atoms with van der Waals surface area (Å²) in [5, 5.41) is 18.7. The Morgan fingerprint density at radius 3 is 2.69 bits per heavy atom. The number of carbonyl (C=O) groups excluding carboxylic acids is 1. The van der Waals surface area contributed by atoms with Gasteiger partial charge in [0.15, 0.2) is 5.78 Å². The quantitative estimate of drug-likeness (QED) is 0.748. The molecule has 0 heterocycles. The number of phenols is 1. The summed E-state index contributed by atoms with van der Waals surface area (Å²) >= 11 is 0. The minimum atomic E-state index is -0.510. The van der Waals surface area contributed by atoms with Crippen molar-refractivity contribution in [3.8, 4) is 11.5 Å². The fourth-order valence-corrected chi connectivity index (χ4v) is 1.35. The van der Waals surface area contributed by atoms with E-state index < -0.39 is 6.10 Å². The van der Waals surface area contributed by atoms with Gasteiger partial charge in [-0.25, -0.2) is 0 Å². The van der Waals surface area contributed by atoms with Gasteiger partial charge in [0, 0.05) is 12.5 Å². The van der Waals surface area contributed by atoms with Crippen LogP contribution in [-0.4, -0.2) is 29.2 Å². The van der Waals surface area contributed by atoms with Gasteiger partial charge in [0.05, 0.1) is 18.8 Å². The van der Waals surface area contributed by atoms with Crippen LogP contribution < -0.4 is 4.74 Å². The zero-order chi connectivity index (χ0) is 12.1. The monoisotopic (exact) mass is 224 g/mol. The summed E-state index contributed by atoms with van der Waals surface area (Å²) in [6.07, 6.45) is 0.103. The standard InChI is InChI=1S/C12H16O4/c1-8(13)3-6-11(14)10-5-4-9(16-2)7-12(10)15/h4-5,7-8,13,15H,3,6H2,1-2H3. The number of ketones is 1. The van der Waals surface area contributed by atoms with Crippen molar-refractivity contribution in [3.05, 3.63) is 23.8 Å². The van der Waals surface area contributed by atoms with Gasteiger partial charge in [-0.15, -0.1) is 0 Å². The van der Waals surface area contributed by atoms with E-state index in [1.807, 2.05) is 0 Å². The van der Waals surface area contributed by atoms with Gasteiger partial charge in [-0.3, -0.25) is 4.79 Å². The molecule has 0 bridgehead atoms. The summed E-state index contributed by atoms with van der Waals surface area (Å²) in [7, 11) is 1.49. The normalized spacial score (nSPS) is 12.2. The van der Waals surface area contributed by atoms with E-state index in [0.717, 1.165) is 0 Å². The van der Waals surface area contributed by atoms with E-state index in [1.165, 1.54) is 19.2 Å². The molecule has 1 aromatic rings. The Morgan fingerprint density at radius 1 is 1.50 bits per heavy atom. The highest BCUT2D eigenvalue weighted by molar-refractivity contribution is 5.98. The molecular formula is C12H16O4. The highest BCUT2D eigenvalue weighted by Gasteiger charge is 2.12. The van der Waals surface area contributed by atoms with Crippen LogP contribution >= 0.6 is 0 Å². The second-order valence-electron chi connectivity index (χ2n) is 3.69. The van der Waals surface area contributed by atoms with Gasteiger partial charge in [-0.05, 0) is 25.5 Å². The maximum atomic E-state index is 11.7. The molecule has 4 heteroatoms. The van der Waals surface area contributed by atoms with Crippen molar-refractivity contribution in [3.63, 3.8) is 0 Å². The average Bonchev–Trinajstić information content (AvgIpc) is 2.25. The lowest BCUT2D eigenvalue weighted by Gasteiger charge is -2.07. The summed E-state index contributed by atoms with van der Waals surface area (Å²) in [6.45, 7) is 1.63. The van der Waals surface area contributed by atoms with Gasteiger partial charge in [0.2, 0.25) is 0 Å². The minimum absolute atomic E-state index is 0.0880. The molecule has 4 nitrogen and oxygen atoms in total. The predicted molar refractivity (Wildman–Crippen MR) is 59.9 cm³/mol. The van der Waals surface area contributed by atoms with Crippen LogP contribution in [-0.2, 0) is 0 Å². The van der Waals surface area contributed by atoms with Crippen molar-refractivity contribution in [1.29, 1.82) is 0 Å². The van der Waals surface area contributed by atoms with Crippen LogP contribution in [0, 0.1) is 0 Å². The third-order valence-corrected chi connectivity index (χ3v) is 2.29. The van der Waals surface area contributed by atoms with Crippen LogP contribution in [0.3, 0.4) is 0 Å². The second-order valence-corrected chi connectivity index (χ2v) is 3.69. The molecule has 16 heavy (non-hydrogen) atoms. The first-order valence-electron chi connectivity index (χ1n) is 5.13. The lowest BCUT2D eigenvalue weighted by atomic mass is 10.0. The molecule has 0 aliphatic carbocycles. The number of benzene rings is 1. The lowest BCUT2D eigenvalue weighted by molar-refractivity contribution is 0.0946. The summed E-state index contributed by atoms with van der Waals surface area (Å²) in [6, 6.07) is 4.55. The maximum Gasteiger partial charge on any atom is 0.166 e. The van der Waals surface area contributed by atoms with E-state index in [1.54, 1.807) is 13.0 Å². The number of ether oxygens (including phenoxy) is 1. The molecule has 88 valence electrons. The Kier molecular flexibility index (Phi) is 4.31. The van der Waals surface area contributed by atoms with Gasteiger partial charge in [0.1, 0.15) is 11.5 Å². The molecule has 1 aromatic carbocycles. The molecule has 0 saturated carbocycles. The molecule has 0 aromatic heterocycles. The molecule has 0 aliphatic heterocycles. The molecule has 0 amide bonds. The Bertz CT molecular complexity index is 371. The fraction of sp³-hybridized carbons (Fsp3) is 0.417. The van der Waals surface area contributed by atoms with E-state index in [2.05, 4.69) is 0 Å². The summed E-state index contributed by atoms with van der Waals surface area (Å²) in [5.41, 5.74) is 0.265.